The van der Waals surface area contributed by atoms with E-state index in [-0.39, 0.29) is 12.2 Å². The Hall–Kier alpha value is -1.31. The van der Waals surface area contributed by atoms with Crippen molar-refractivity contribution < 1.29 is 15.0 Å². The monoisotopic (exact) mass is 182 g/mol. The first-order valence-electron chi connectivity index (χ1n) is 3.16. The molecule has 4 heteroatoms. The van der Waals surface area contributed by atoms with Crippen molar-refractivity contribution in [1.29, 1.82) is 0 Å². The Morgan fingerprint density at radius 1 is 1.67 bits per heavy atom. The van der Waals surface area contributed by atoms with Gasteiger partial charge in [0.25, 0.3) is 0 Å². The highest BCUT2D eigenvalue weighted by Gasteiger charge is 2.08. The summed E-state index contributed by atoms with van der Waals surface area (Å²) in [4.78, 5) is 11.0. The molecule has 1 aromatic rings. The van der Waals surface area contributed by atoms with E-state index in [1.807, 2.05) is 0 Å². The number of hydrogen-bond donors (Lipinski definition) is 2. The first-order chi connectivity index (χ1) is 5.75. The largest absolute Gasteiger partial charge is 0.478 e. The Morgan fingerprint density at radius 2 is 2.42 bits per heavy atom. The second-order valence-electron chi connectivity index (χ2n) is 1.93. The molecule has 1 heterocycles. The summed E-state index contributed by atoms with van der Waals surface area (Å²) in [7, 11) is 0. The molecule has 0 fully saturated rings. The summed E-state index contributed by atoms with van der Waals surface area (Å²) in [6.07, 6.45) is 0. The van der Waals surface area contributed by atoms with Gasteiger partial charge in [-0.1, -0.05) is 11.8 Å². The minimum Gasteiger partial charge on any atom is -0.478 e. The third-order valence-corrected chi connectivity index (χ3v) is 2.01. The van der Waals surface area contributed by atoms with Gasteiger partial charge in [0.1, 0.15) is 6.61 Å². The van der Waals surface area contributed by atoms with E-state index in [1.165, 1.54) is 17.4 Å². The van der Waals surface area contributed by atoms with Crippen LogP contribution in [0.15, 0.2) is 11.4 Å². The molecule has 0 atom stereocenters. The summed E-state index contributed by atoms with van der Waals surface area (Å²) in [5.41, 5.74) is 0.195. The second kappa shape index (κ2) is 3.90. The van der Waals surface area contributed by atoms with Gasteiger partial charge < -0.3 is 10.2 Å². The molecule has 0 saturated carbocycles. The lowest BCUT2D eigenvalue weighted by atomic mass is 10.2. The van der Waals surface area contributed by atoms with Crippen LogP contribution >= 0.6 is 11.3 Å². The second-order valence-corrected chi connectivity index (χ2v) is 2.84. The van der Waals surface area contributed by atoms with Crippen LogP contribution in [0.25, 0.3) is 0 Å². The van der Waals surface area contributed by atoms with Crippen LogP contribution in [0.3, 0.4) is 0 Å². The van der Waals surface area contributed by atoms with Gasteiger partial charge in [0.05, 0.1) is 10.4 Å². The van der Waals surface area contributed by atoms with Gasteiger partial charge >= 0.3 is 5.97 Å². The molecule has 0 aliphatic rings. The highest BCUT2D eigenvalue weighted by molar-refractivity contribution is 7.10. The first-order valence-corrected chi connectivity index (χ1v) is 4.04. The summed E-state index contributed by atoms with van der Waals surface area (Å²) in [5.74, 6) is 3.97. The van der Waals surface area contributed by atoms with E-state index in [9.17, 15) is 4.79 Å². The van der Waals surface area contributed by atoms with Gasteiger partial charge in [-0.25, -0.2) is 4.79 Å². The molecule has 0 aliphatic carbocycles. The van der Waals surface area contributed by atoms with Crippen molar-refractivity contribution in [3.63, 3.8) is 0 Å². The molecule has 0 bridgehead atoms. The zero-order valence-electron chi connectivity index (χ0n) is 6.07. The Balaban J connectivity index is 2.99. The van der Waals surface area contributed by atoms with E-state index in [2.05, 4.69) is 11.8 Å². The van der Waals surface area contributed by atoms with E-state index >= 15 is 0 Å². The molecule has 0 aromatic carbocycles. The Kier molecular flexibility index (Phi) is 2.86. The number of rotatable bonds is 1. The summed E-state index contributed by atoms with van der Waals surface area (Å²) in [6.45, 7) is -0.253. The van der Waals surface area contributed by atoms with Crippen molar-refractivity contribution in [2.45, 2.75) is 0 Å². The predicted molar refractivity (Wildman–Crippen MR) is 45.2 cm³/mol. The summed E-state index contributed by atoms with van der Waals surface area (Å²) < 4.78 is 0. The SMILES string of the molecule is O=C(O)c1ccsc1C#CCO. The Labute approximate surface area is 73.3 Å². The van der Waals surface area contributed by atoms with Crippen LogP contribution in [0.5, 0.6) is 0 Å². The minimum atomic E-state index is -0.988. The first kappa shape index (κ1) is 8.78. The van der Waals surface area contributed by atoms with Crippen LogP contribution in [0.2, 0.25) is 0 Å². The molecule has 0 unspecified atom stereocenters. The third-order valence-electron chi connectivity index (χ3n) is 1.18. The van der Waals surface area contributed by atoms with E-state index in [0.29, 0.717) is 4.88 Å². The molecule has 0 spiro atoms. The van der Waals surface area contributed by atoms with Crippen LogP contribution < -0.4 is 0 Å². The van der Waals surface area contributed by atoms with Gasteiger partial charge in [-0.2, -0.15) is 0 Å². The van der Waals surface area contributed by atoms with Crippen LogP contribution in [0.1, 0.15) is 15.2 Å². The van der Waals surface area contributed by atoms with Gasteiger partial charge in [-0.15, -0.1) is 11.3 Å². The maximum Gasteiger partial charge on any atom is 0.337 e. The van der Waals surface area contributed by atoms with Gasteiger partial charge in [-0.3, -0.25) is 0 Å². The molecule has 1 aromatic heterocycles. The molecular weight excluding hydrogens is 176 g/mol. The van der Waals surface area contributed by atoms with E-state index < -0.39 is 5.97 Å². The molecule has 62 valence electrons. The summed E-state index contributed by atoms with van der Waals surface area (Å²) in [5, 5.41) is 18.7. The van der Waals surface area contributed by atoms with E-state index in [4.69, 9.17) is 10.2 Å². The van der Waals surface area contributed by atoms with Crippen molar-refractivity contribution in [3.05, 3.63) is 21.9 Å². The standard InChI is InChI=1S/C8H6O3S/c9-4-1-2-7-6(8(10)11)3-5-12-7/h3,5,9H,4H2,(H,10,11). The lowest BCUT2D eigenvalue weighted by Crippen LogP contribution is -1.95. The van der Waals surface area contributed by atoms with Gasteiger partial charge in [-0.05, 0) is 11.4 Å². The number of thiophene rings is 1. The highest BCUT2D eigenvalue weighted by atomic mass is 32.1. The zero-order chi connectivity index (χ0) is 8.97. The lowest BCUT2D eigenvalue weighted by molar-refractivity contribution is 0.0697. The molecule has 3 nitrogen and oxygen atoms in total. The van der Waals surface area contributed by atoms with Crippen LogP contribution in [0, 0.1) is 11.8 Å². The number of aliphatic hydroxyl groups is 1. The summed E-state index contributed by atoms with van der Waals surface area (Å²) in [6, 6.07) is 1.49. The lowest BCUT2D eigenvalue weighted by Gasteiger charge is -1.87. The number of aliphatic hydroxyl groups excluding tert-OH is 1. The fraction of sp³-hybridized carbons (Fsp3) is 0.125. The van der Waals surface area contributed by atoms with Gasteiger partial charge in [0.2, 0.25) is 0 Å². The highest BCUT2D eigenvalue weighted by Crippen LogP contribution is 2.14. The number of carboxylic acid groups (broad SMARTS) is 1. The van der Waals surface area contributed by atoms with Crippen molar-refractivity contribution in [3.8, 4) is 11.8 Å². The number of hydrogen-bond acceptors (Lipinski definition) is 3. The minimum absolute atomic E-state index is 0.195. The fourth-order valence-corrected chi connectivity index (χ4v) is 1.45. The molecule has 0 amide bonds. The van der Waals surface area contributed by atoms with Crippen LogP contribution in [0.4, 0.5) is 0 Å². The summed E-state index contributed by atoms with van der Waals surface area (Å²) >= 11 is 1.25. The average molecular weight is 182 g/mol. The average Bonchev–Trinajstić information content (AvgIpc) is 2.48. The number of carbonyl (C=O) groups is 1. The molecular formula is C8H6O3S. The quantitative estimate of drug-likeness (QED) is 0.631. The van der Waals surface area contributed by atoms with Crippen molar-refractivity contribution >= 4 is 17.3 Å². The molecule has 0 saturated heterocycles. The topological polar surface area (TPSA) is 57.5 Å². The fourth-order valence-electron chi connectivity index (χ4n) is 0.694. The van der Waals surface area contributed by atoms with Crippen molar-refractivity contribution in [2.75, 3.05) is 6.61 Å². The van der Waals surface area contributed by atoms with Crippen LogP contribution in [-0.2, 0) is 0 Å². The molecule has 1 rings (SSSR count). The maximum absolute atomic E-state index is 10.5. The number of carboxylic acids is 1. The Bertz CT molecular complexity index is 343. The smallest absolute Gasteiger partial charge is 0.337 e. The predicted octanol–water partition coefficient (Wildman–Crippen LogP) is 0.790. The molecule has 2 N–H and O–H groups in total. The Morgan fingerprint density at radius 3 is 3.00 bits per heavy atom. The zero-order valence-corrected chi connectivity index (χ0v) is 6.89. The normalized spacial score (nSPS) is 8.75. The van der Waals surface area contributed by atoms with Crippen molar-refractivity contribution in [1.82, 2.24) is 0 Å². The van der Waals surface area contributed by atoms with Crippen LogP contribution in [-0.4, -0.2) is 22.8 Å². The number of aromatic carboxylic acids is 1. The van der Waals surface area contributed by atoms with Gasteiger partial charge in [0.15, 0.2) is 0 Å². The van der Waals surface area contributed by atoms with Crippen molar-refractivity contribution in [2.24, 2.45) is 0 Å². The maximum atomic E-state index is 10.5. The van der Waals surface area contributed by atoms with E-state index in [0.717, 1.165) is 0 Å². The molecule has 12 heavy (non-hydrogen) atoms. The molecule has 0 aliphatic heterocycles. The van der Waals surface area contributed by atoms with E-state index in [1.54, 1.807) is 5.38 Å². The third kappa shape index (κ3) is 1.84. The molecule has 0 radical (unpaired) electrons. The van der Waals surface area contributed by atoms with Gasteiger partial charge in [0, 0.05) is 0 Å².